The number of nitrogen functional groups attached to an aromatic ring is 1. The van der Waals surface area contributed by atoms with Gasteiger partial charge in [-0.2, -0.15) is 0 Å². The Balaban J connectivity index is 0.00000408. The number of aliphatic hydroxyl groups excluding tert-OH is 1. The summed E-state index contributed by atoms with van der Waals surface area (Å²) < 4.78 is 9.34. The van der Waals surface area contributed by atoms with E-state index in [1.54, 1.807) is 24.3 Å². The largest absolute Gasteiger partial charge is 0.469 e. The number of esters is 2. The SMILES string of the molecule is COC(=O)C[C@@H]1C(=O)N(CC(=O)OC)C[C@H]1[C@H](O)c1ccc(-c2ncc(C(=N)N)cn2)cc1.Cl. The van der Waals surface area contributed by atoms with Crippen LogP contribution in [-0.4, -0.2) is 71.0 Å². The molecular weight excluding hydrogens is 466 g/mol. The smallest absolute Gasteiger partial charge is 0.325 e. The van der Waals surface area contributed by atoms with Crippen molar-refractivity contribution in [2.75, 3.05) is 27.3 Å². The number of rotatable bonds is 8. The molecule has 1 aliphatic heterocycles. The Bertz CT molecular complexity index is 1050. The molecule has 1 aromatic heterocycles. The third-order valence-corrected chi connectivity index (χ3v) is 5.62. The second kappa shape index (κ2) is 11.5. The van der Waals surface area contributed by atoms with Gasteiger partial charge in [-0.05, 0) is 5.56 Å². The molecule has 2 aromatic rings. The zero-order valence-corrected chi connectivity index (χ0v) is 19.4. The molecule has 12 heteroatoms. The number of nitrogens with one attached hydrogen (secondary N) is 1. The van der Waals surface area contributed by atoms with E-state index in [-0.39, 0.29) is 37.8 Å². The van der Waals surface area contributed by atoms with Gasteiger partial charge in [0.05, 0.1) is 38.2 Å². The summed E-state index contributed by atoms with van der Waals surface area (Å²) >= 11 is 0. The van der Waals surface area contributed by atoms with Crippen LogP contribution < -0.4 is 5.73 Å². The molecule has 0 bridgehead atoms. The highest BCUT2D eigenvalue weighted by Crippen LogP contribution is 2.37. The number of carbonyl (C=O) groups excluding carboxylic acids is 3. The van der Waals surface area contributed by atoms with Crippen LogP contribution in [0.5, 0.6) is 0 Å². The number of amidine groups is 1. The summed E-state index contributed by atoms with van der Waals surface area (Å²) in [4.78, 5) is 46.0. The molecule has 0 radical (unpaired) electrons. The Kier molecular flexibility index (Phi) is 9.04. The maximum Gasteiger partial charge on any atom is 0.325 e. The summed E-state index contributed by atoms with van der Waals surface area (Å²) in [7, 11) is 2.45. The van der Waals surface area contributed by atoms with Gasteiger partial charge >= 0.3 is 11.9 Å². The molecule has 0 saturated carbocycles. The van der Waals surface area contributed by atoms with Crippen LogP contribution >= 0.6 is 12.4 Å². The van der Waals surface area contributed by atoms with E-state index in [2.05, 4.69) is 14.7 Å². The molecule has 0 aliphatic carbocycles. The second-order valence-corrected chi connectivity index (χ2v) is 7.62. The summed E-state index contributed by atoms with van der Waals surface area (Å²) in [5.74, 6) is -2.75. The molecule has 3 atom stereocenters. The molecule has 1 aromatic carbocycles. The van der Waals surface area contributed by atoms with Gasteiger partial charge in [0.2, 0.25) is 5.91 Å². The van der Waals surface area contributed by atoms with Gasteiger partial charge in [-0.1, -0.05) is 24.3 Å². The number of hydrogen-bond donors (Lipinski definition) is 3. The van der Waals surface area contributed by atoms with Crippen LogP contribution in [-0.2, 0) is 23.9 Å². The Morgan fingerprint density at radius 2 is 1.76 bits per heavy atom. The minimum absolute atomic E-state index is 0. The molecule has 0 unspecified atom stereocenters. The average molecular weight is 492 g/mol. The van der Waals surface area contributed by atoms with Crippen LogP contribution in [0.15, 0.2) is 36.7 Å². The summed E-state index contributed by atoms with van der Waals surface area (Å²) in [6.07, 6.45) is 1.63. The fraction of sp³-hybridized carbons (Fsp3) is 0.364. The first kappa shape index (κ1) is 26.7. The Labute approximate surface area is 202 Å². The summed E-state index contributed by atoms with van der Waals surface area (Å²) in [5.41, 5.74) is 7.04. The number of aliphatic hydroxyl groups is 1. The lowest BCUT2D eigenvalue weighted by molar-refractivity contribution is -0.148. The van der Waals surface area contributed by atoms with Crippen molar-refractivity contribution in [2.45, 2.75) is 12.5 Å². The van der Waals surface area contributed by atoms with E-state index in [4.69, 9.17) is 15.9 Å². The van der Waals surface area contributed by atoms with Crippen LogP contribution in [0.1, 0.15) is 23.7 Å². The van der Waals surface area contributed by atoms with Gasteiger partial charge < -0.3 is 25.2 Å². The van der Waals surface area contributed by atoms with Gasteiger partial charge in [0.1, 0.15) is 12.4 Å². The number of hydrogen-bond acceptors (Lipinski definition) is 9. The van der Waals surface area contributed by atoms with Gasteiger partial charge in [0.25, 0.3) is 0 Å². The minimum Gasteiger partial charge on any atom is -0.469 e. The highest BCUT2D eigenvalue weighted by molar-refractivity contribution is 5.94. The van der Waals surface area contributed by atoms with Crippen molar-refractivity contribution in [1.82, 2.24) is 14.9 Å². The standard InChI is InChI=1S/C22H25N5O6.ClH/c1-32-17(28)7-15-16(10-27(22(15)31)11-18(29)33-2)19(30)12-3-5-13(6-4-12)21-25-8-14(9-26-21)20(23)24;/h3-6,8-9,15-16,19,30H,7,10-11H2,1-2H3,(H3,23,24);1H/t15-,16+,19+;/m0./s1. The third kappa shape index (κ3) is 5.86. The van der Waals surface area contributed by atoms with E-state index in [0.29, 0.717) is 22.5 Å². The van der Waals surface area contributed by atoms with Crippen molar-refractivity contribution in [2.24, 2.45) is 17.6 Å². The number of ether oxygens (including phenoxy) is 2. The lowest BCUT2D eigenvalue weighted by Gasteiger charge is -2.22. The molecule has 182 valence electrons. The number of nitrogens with two attached hydrogens (primary N) is 1. The Morgan fingerprint density at radius 1 is 1.18 bits per heavy atom. The topological polar surface area (TPSA) is 169 Å². The summed E-state index contributed by atoms with van der Waals surface area (Å²) in [6, 6.07) is 6.81. The highest BCUT2D eigenvalue weighted by Gasteiger charge is 2.45. The number of benzene rings is 1. The van der Waals surface area contributed by atoms with Crippen molar-refractivity contribution < 1.29 is 29.0 Å². The number of aromatic nitrogens is 2. The molecule has 34 heavy (non-hydrogen) atoms. The normalized spacial score (nSPS) is 18.1. The van der Waals surface area contributed by atoms with Gasteiger partial charge in [-0.3, -0.25) is 19.8 Å². The first-order valence-electron chi connectivity index (χ1n) is 10.1. The van der Waals surface area contributed by atoms with E-state index in [1.807, 2.05) is 0 Å². The van der Waals surface area contributed by atoms with E-state index in [9.17, 15) is 19.5 Å². The first-order chi connectivity index (χ1) is 15.7. The average Bonchev–Trinajstić information content (AvgIpc) is 3.13. The Morgan fingerprint density at radius 3 is 2.29 bits per heavy atom. The summed E-state index contributed by atoms with van der Waals surface area (Å²) in [5, 5.41) is 18.4. The zero-order valence-electron chi connectivity index (χ0n) is 18.6. The molecule has 1 aliphatic rings. The number of carbonyl (C=O) groups is 3. The molecule has 11 nitrogen and oxygen atoms in total. The van der Waals surface area contributed by atoms with Crippen LogP contribution in [0.3, 0.4) is 0 Å². The highest BCUT2D eigenvalue weighted by atomic mass is 35.5. The minimum atomic E-state index is -1.07. The van der Waals surface area contributed by atoms with Gasteiger partial charge in [-0.15, -0.1) is 12.4 Å². The maximum absolute atomic E-state index is 12.8. The molecule has 1 fully saturated rings. The van der Waals surface area contributed by atoms with E-state index >= 15 is 0 Å². The fourth-order valence-electron chi connectivity index (χ4n) is 3.77. The van der Waals surface area contributed by atoms with Crippen molar-refractivity contribution in [1.29, 1.82) is 5.41 Å². The van der Waals surface area contributed by atoms with E-state index < -0.39 is 35.8 Å². The Hall–Kier alpha value is -3.57. The van der Waals surface area contributed by atoms with Crippen LogP contribution in [0.4, 0.5) is 0 Å². The monoisotopic (exact) mass is 491 g/mol. The number of likely N-dealkylation sites (tertiary alicyclic amines) is 1. The molecule has 3 rings (SSSR count). The third-order valence-electron chi connectivity index (χ3n) is 5.62. The maximum atomic E-state index is 12.8. The van der Waals surface area contributed by atoms with Gasteiger partial charge in [-0.25, -0.2) is 9.97 Å². The molecule has 0 spiro atoms. The van der Waals surface area contributed by atoms with Crippen molar-refractivity contribution in [3.63, 3.8) is 0 Å². The van der Waals surface area contributed by atoms with Crippen molar-refractivity contribution in [3.05, 3.63) is 47.8 Å². The number of methoxy groups -OCH3 is 2. The number of nitrogens with zero attached hydrogens (tertiary/aromatic N) is 3. The quantitative estimate of drug-likeness (QED) is 0.273. The van der Waals surface area contributed by atoms with E-state index in [1.165, 1.54) is 31.5 Å². The first-order valence-corrected chi connectivity index (χ1v) is 10.1. The van der Waals surface area contributed by atoms with Gasteiger partial charge in [0.15, 0.2) is 5.82 Å². The second-order valence-electron chi connectivity index (χ2n) is 7.62. The van der Waals surface area contributed by atoms with Gasteiger partial charge in [0, 0.05) is 30.4 Å². The molecular formula is C22H26ClN5O6. The predicted molar refractivity (Wildman–Crippen MR) is 123 cm³/mol. The molecule has 4 N–H and O–H groups in total. The lowest BCUT2D eigenvalue weighted by atomic mass is 9.84. The van der Waals surface area contributed by atoms with E-state index in [0.717, 1.165) is 0 Å². The molecule has 2 heterocycles. The number of halogens is 1. The summed E-state index contributed by atoms with van der Waals surface area (Å²) in [6.45, 7) is -0.170. The van der Waals surface area contributed by atoms with Crippen LogP contribution in [0.25, 0.3) is 11.4 Å². The predicted octanol–water partition coefficient (Wildman–Crippen LogP) is 0.694. The number of amides is 1. The molecule has 1 amide bonds. The van der Waals surface area contributed by atoms with Crippen LogP contribution in [0, 0.1) is 17.2 Å². The van der Waals surface area contributed by atoms with Crippen LogP contribution in [0.2, 0.25) is 0 Å². The fourth-order valence-corrected chi connectivity index (χ4v) is 3.77. The molecule has 1 saturated heterocycles. The van der Waals surface area contributed by atoms with Crippen molar-refractivity contribution >= 4 is 36.1 Å². The zero-order chi connectivity index (χ0) is 24.1. The lowest BCUT2D eigenvalue weighted by Crippen LogP contribution is -2.33. The van der Waals surface area contributed by atoms with Crippen molar-refractivity contribution in [3.8, 4) is 11.4 Å².